The van der Waals surface area contributed by atoms with Crippen molar-refractivity contribution in [1.29, 1.82) is 0 Å². The van der Waals surface area contributed by atoms with Crippen LogP contribution in [-0.4, -0.2) is 28.3 Å². The molecule has 1 fully saturated rings. The highest BCUT2D eigenvalue weighted by Gasteiger charge is 2.45. The summed E-state index contributed by atoms with van der Waals surface area (Å²) in [5.74, 6) is 0.0401. The van der Waals surface area contributed by atoms with Crippen molar-refractivity contribution in [2.24, 2.45) is 0 Å². The second kappa shape index (κ2) is 4.62. The minimum atomic E-state index is -0.568. The number of hydrogen-bond acceptors (Lipinski definition) is 4. The molecule has 0 radical (unpaired) electrons. The van der Waals surface area contributed by atoms with Gasteiger partial charge in [0.05, 0.1) is 10.5 Å². The first-order valence-corrected chi connectivity index (χ1v) is 6.18. The molecule has 0 saturated carbocycles. The molecule has 6 nitrogen and oxygen atoms in total. The van der Waals surface area contributed by atoms with Crippen LogP contribution in [0, 0.1) is 10.1 Å². The van der Waals surface area contributed by atoms with Gasteiger partial charge in [0, 0.05) is 19.2 Å². The van der Waals surface area contributed by atoms with Gasteiger partial charge in [-0.15, -0.1) is 0 Å². The van der Waals surface area contributed by atoms with E-state index in [2.05, 4.69) is 5.32 Å². The molecule has 1 amide bonds. The van der Waals surface area contributed by atoms with Gasteiger partial charge in [0.15, 0.2) is 0 Å². The fourth-order valence-corrected chi connectivity index (χ4v) is 2.31. The second-order valence-electron chi connectivity index (χ2n) is 5.00. The lowest BCUT2D eigenvalue weighted by atomic mass is 9.99. The number of nitrogens with zero attached hydrogens (tertiary/aromatic N) is 2. The van der Waals surface area contributed by atoms with Crippen molar-refractivity contribution in [3.63, 3.8) is 0 Å². The number of amides is 1. The summed E-state index contributed by atoms with van der Waals surface area (Å²) in [6.07, 6.45) is 0.456. The Balaban J connectivity index is 2.28. The van der Waals surface area contributed by atoms with Gasteiger partial charge in [-0.05, 0) is 31.0 Å². The average Bonchev–Trinajstić information content (AvgIpc) is 2.64. The molecule has 0 bridgehead atoms. The van der Waals surface area contributed by atoms with Crippen LogP contribution >= 0.6 is 0 Å². The van der Waals surface area contributed by atoms with E-state index in [0.717, 1.165) is 5.56 Å². The van der Waals surface area contributed by atoms with E-state index < -0.39 is 10.5 Å². The third-order valence-electron chi connectivity index (χ3n) is 3.76. The lowest BCUT2D eigenvalue weighted by Crippen LogP contribution is -2.42. The molecular formula is C13H17N3O3. The summed E-state index contributed by atoms with van der Waals surface area (Å²) in [5.41, 5.74) is 0.328. The van der Waals surface area contributed by atoms with E-state index in [1.54, 1.807) is 24.1 Å². The summed E-state index contributed by atoms with van der Waals surface area (Å²) in [6.45, 7) is 3.83. The molecule has 1 aromatic rings. The molecule has 19 heavy (non-hydrogen) atoms. The molecule has 1 aliphatic heterocycles. The molecule has 0 spiro atoms. The first-order valence-electron chi connectivity index (χ1n) is 6.18. The Morgan fingerprint density at radius 2 is 2.00 bits per heavy atom. The fraction of sp³-hybridized carbons (Fsp3) is 0.462. The number of rotatable bonds is 3. The predicted octanol–water partition coefficient (Wildman–Crippen LogP) is 1.82. The highest BCUT2D eigenvalue weighted by molar-refractivity contribution is 5.88. The smallest absolute Gasteiger partial charge is 0.269 e. The van der Waals surface area contributed by atoms with Crippen LogP contribution in [0.3, 0.4) is 0 Å². The summed E-state index contributed by atoms with van der Waals surface area (Å²) < 4.78 is 0. The van der Waals surface area contributed by atoms with Gasteiger partial charge < -0.3 is 4.90 Å². The zero-order chi connectivity index (χ0) is 14.2. The van der Waals surface area contributed by atoms with Gasteiger partial charge in [0.2, 0.25) is 5.91 Å². The number of carbonyl (C=O) groups is 1. The van der Waals surface area contributed by atoms with Crippen molar-refractivity contribution < 1.29 is 9.72 Å². The van der Waals surface area contributed by atoms with Crippen LogP contribution in [0.1, 0.15) is 32.0 Å². The van der Waals surface area contributed by atoms with Gasteiger partial charge in [-0.2, -0.15) is 0 Å². The number of carbonyl (C=O) groups excluding carboxylic acids is 1. The van der Waals surface area contributed by atoms with Gasteiger partial charge in [0.25, 0.3) is 5.69 Å². The Morgan fingerprint density at radius 3 is 2.42 bits per heavy atom. The molecule has 102 valence electrons. The van der Waals surface area contributed by atoms with Crippen LogP contribution in [0.15, 0.2) is 24.3 Å². The maximum atomic E-state index is 12.2. The number of hydrogen-bond donors (Lipinski definition) is 1. The molecular weight excluding hydrogens is 246 g/mol. The Labute approximate surface area is 111 Å². The largest absolute Gasteiger partial charge is 0.324 e. The molecule has 6 heteroatoms. The predicted molar refractivity (Wildman–Crippen MR) is 70.4 cm³/mol. The highest BCUT2D eigenvalue weighted by atomic mass is 16.6. The quantitative estimate of drug-likeness (QED) is 0.666. The van der Waals surface area contributed by atoms with E-state index in [9.17, 15) is 14.9 Å². The molecule has 1 aliphatic rings. The molecule has 0 aromatic heterocycles. The third kappa shape index (κ3) is 2.19. The van der Waals surface area contributed by atoms with Crippen LogP contribution in [0.5, 0.6) is 0 Å². The number of nitrogens with one attached hydrogen (secondary N) is 1. The van der Waals surface area contributed by atoms with E-state index in [4.69, 9.17) is 0 Å². The summed E-state index contributed by atoms with van der Waals surface area (Å²) in [5, 5.41) is 13.9. The zero-order valence-electron chi connectivity index (χ0n) is 11.2. The maximum Gasteiger partial charge on any atom is 0.269 e. The third-order valence-corrected chi connectivity index (χ3v) is 3.76. The highest BCUT2D eigenvalue weighted by Crippen LogP contribution is 2.31. The fourth-order valence-electron chi connectivity index (χ4n) is 2.31. The lowest BCUT2D eigenvalue weighted by Gasteiger charge is -2.20. The van der Waals surface area contributed by atoms with Crippen molar-refractivity contribution >= 4 is 11.6 Å². The zero-order valence-corrected chi connectivity index (χ0v) is 11.2. The molecule has 1 saturated heterocycles. The summed E-state index contributed by atoms with van der Waals surface area (Å²) in [4.78, 5) is 24.0. The normalized spacial score (nSPS) is 26.8. The Morgan fingerprint density at radius 1 is 1.42 bits per heavy atom. The van der Waals surface area contributed by atoms with Crippen LogP contribution in [0.2, 0.25) is 0 Å². The number of likely N-dealkylation sites (N-methyl/N-ethyl adjacent to an activating group) is 1. The monoisotopic (exact) mass is 263 g/mol. The second-order valence-corrected chi connectivity index (χ2v) is 5.00. The molecule has 2 atom stereocenters. The van der Waals surface area contributed by atoms with Gasteiger partial charge in [0.1, 0.15) is 6.17 Å². The number of nitro groups is 1. The van der Waals surface area contributed by atoms with E-state index in [1.807, 2.05) is 13.8 Å². The van der Waals surface area contributed by atoms with Crippen molar-refractivity contribution in [3.8, 4) is 0 Å². The number of non-ortho nitro benzene ring substituents is 1. The molecule has 1 aromatic carbocycles. The van der Waals surface area contributed by atoms with E-state index in [1.165, 1.54) is 12.1 Å². The topological polar surface area (TPSA) is 75.5 Å². The standard InChI is InChI=1S/C13H17N3O3/c1-4-13(2)12(17)15(3)11(14-13)9-5-7-10(8-6-9)16(18)19/h5-8,11,14H,4H2,1-3H3. The Bertz CT molecular complexity index is 514. The van der Waals surface area contributed by atoms with Gasteiger partial charge >= 0.3 is 0 Å². The minimum absolute atomic E-state index is 0.0401. The average molecular weight is 263 g/mol. The molecule has 2 rings (SSSR count). The van der Waals surface area contributed by atoms with Crippen molar-refractivity contribution in [3.05, 3.63) is 39.9 Å². The molecule has 0 aliphatic carbocycles. The van der Waals surface area contributed by atoms with Crippen molar-refractivity contribution in [2.45, 2.75) is 32.0 Å². The van der Waals surface area contributed by atoms with Gasteiger partial charge in [-0.1, -0.05) is 6.92 Å². The van der Waals surface area contributed by atoms with Crippen LogP contribution in [0.4, 0.5) is 5.69 Å². The minimum Gasteiger partial charge on any atom is -0.324 e. The summed E-state index contributed by atoms with van der Waals surface area (Å²) >= 11 is 0. The molecule has 1 heterocycles. The Kier molecular flexibility index (Phi) is 3.28. The molecule has 1 N–H and O–H groups in total. The lowest BCUT2D eigenvalue weighted by molar-refractivity contribution is -0.384. The SMILES string of the molecule is CCC1(C)NC(c2ccc([N+](=O)[O-])cc2)N(C)C1=O. The van der Waals surface area contributed by atoms with Crippen LogP contribution in [0.25, 0.3) is 0 Å². The van der Waals surface area contributed by atoms with Crippen molar-refractivity contribution in [2.75, 3.05) is 7.05 Å². The van der Waals surface area contributed by atoms with Crippen LogP contribution in [-0.2, 0) is 4.79 Å². The Hall–Kier alpha value is -1.95. The molecule has 2 unspecified atom stereocenters. The van der Waals surface area contributed by atoms with E-state index in [0.29, 0.717) is 6.42 Å². The van der Waals surface area contributed by atoms with Crippen LogP contribution < -0.4 is 5.32 Å². The van der Waals surface area contributed by atoms with Crippen molar-refractivity contribution in [1.82, 2.24) is 10.2 Å². The van der Waals surface area contributed by atoms with E-state index in [-0.39, 0.29) is 17.8 Å². The maximum absolute atomic E-state index is 12.2. The summed E-state index contributed by atoms with van der Waals surface area (Å²) in [6, 6.07) is 6.27. The van der Waals surface area contributed by atoms with Gasteiger partial charge in [-0.25, -0.2) is 0 Å². The number of benzene rings is 1. The van der Waals surface area contributed by atoms with E-state index >= 15 is 0 Å². The number of nitro benzene ring substituents is 1. The first kappa shape index (κ1) is 13.5. The summed E-state index contributed by atoms with van der Waals surface area (Å²) in [7, 11) is 1.74. The van der Waals surface area contributed by atoms with Gasteiger partial charge in [-0.3, -0.25) is 20.2 Å². The first-order chi connectivity index (χ1) is 8.89.